The summed E-state index contributed by atoms with van der Waals surface area (Å²) < 4.78 is 5.56. The minimum atomic E-state index is -0.906. The lowest BCUT2D eigenvalue weighted by molar-refractivity contribution is -0.138. The smallest absolute Gasteiger partial charge is 0.407 e. The zero-order valence-electron chi connectivity index (χ0n) is 14.8. The van der Waals surface area contributed by atoms with Gasteiger partial charge < -0.3 is 15.2 Å². The molecule has 1 fully saturated rings. The molecule has 2 aliphatic rings. The molecule has 2 aromatic rings. The van der Waals surface area contributed by atoms with Gasteiger partial charge in [0.15, 0.2) is 0 Å². The van der Waals surface area contributed by atoms with Gasteiger partial charge in [0.2, 0.25) is 0 Å². The van der Waals surface area contributed by atoms with E-state index < -0.39 is 17.6 Å². The van der Waals surface area contributed by atoms with Gasteiger partial charge in [0.1, 0.15) is 6.61 Å². The molecule has 140 valence electrons. The van der Waals surface area contributed by atoms with Crippen molar-refractivity contribution in [2.75, 3.05) is 18.1 Å². The first-order chi connectivity index (χ1) is 13.1. The van der Waals surface area contributed by atoms with Crippen LogP contribution in [0.3, 0.4) is 0 Å². The number of rotatable bonds is 5. The Bertz CT molecular complexity index is 830. The molecule has 27 heavy (non-hydrogen) atoms. The predicted molar refractivity (Wildman–Crippen MR) is 105 cm³/mol. The Hall–Kier alpha value is -2.47. The van der Waals surface area contributed by atoms with Gasteiger partial charge >= 0.3 is 12.1 Å². The van der Waals surface area contributed by atoms with Crippen LogP contribution < -0.4 is 5.32 Å². The first kappa shape index (κ1) is 17.9. The molecule has 1 aliphatic heterocycles. The Balaban J connectivity index is 1.47. The highest BCUT2D eigenvalue weighted by atomic mass is 32.2. The molecule has 1 atom stereocenters. The Morgan fingerprint density at radius 2 is 1.74 bits per heavy atom. The highest BCUT2D eigenvalue weighted by Gasteiger charge is 2.39. The summed E-state index contributed by atoms with van der Waals surface area (Å²) in [7, 11) is 0. The Kier molecular flexibility index (Phi) is 4.83. The third-order valence-corrected chi connectivity index (χ3v) is 6.55. The SMILES string of the molecule is O=C(O)CC1(NC(=O)OCC2c3ccccc3-c3ccccc32)CCSC1. The number of carbonyl (C=O) groups excluding carboxylic acids is 1. The first-order valence-corrected chi connectivity index (χ1v) is 10.2. The molecule has 1 unspecified atom stereocenters. The molecule has 0 radical (unpaired) electrons. The summed E-state index contributed by atoms with van der Waals surface area (Å²) in [5.41, 5.74) is 3.96. The van der Waals surface area contributed by atoms with Crippen LogP contribution in [0, 0.1) is 0 Å². The number of thioether (sulfide) groups is 1. The van der Waals surface area contributed by atoms with E-state index in [9.17, 15) is 14.7 Å². The van der Waals surface area contributed by atoms with E-state index in [1.165, 1.54) is 11.1 Å². The lowest BCUT2D eigenvalue weighted by Crippen LogP contribution is -2.50. The second kappa shape index (κ2) is 7.27. The maximum absolute atomic E-state index is 12.4. The van der Waals surface area contributed by atoms with Gasteiger partial charge in [0.05, 0.1) is 12.0 Å². The summed E-state index contributed by atoms with van der Waals surface area (Å²) in [4.78, 5) is 23.6. The van der Waals surface area contributed by atoms with Crippen molar-refractivity contribution in [2.24, 2.45) is 0 Å². The van der Waals surface area contributed by atoms with E-state index in [1.807, 2.05) is 24.3 Å². The summed E-state index contributed by atoms with van der Waals surface area (Å²) >= 11 is 1.66. The van der Waals surface area contributed by atoms with E-state index in [-0.39, 0.29) is 18.9 Å². The number of alkyl carbamates (subject to hydrolysis) is 1. The number of carboxylic acid groups (broad SMARTS) is 1. The number of carboxylic acids is 1. The monoisotopic (exact) mass is 383 g/mol. The number of hydrogen-bond acceptors (Lipinski definition) is 4. The molecule has 0 bridgehead atoms. The van der Waals surface area contributed by atoms with Crippen molar-refractivity contribution in [3.63, 3.8) is 0 Å². The summed E-state index contributed by atoms with van der Waals surface area (Å²) in [6, 6.07) is 16.3. The topological polar surface area (TPSA) is 75.6 Å². The number of benzene rings is 2. The molecule has 0 spiro atoms. The van der Waals surface area contributed by atoms with E-state index >= 15 is 0 Å². The third kappa shape index (κ3) is 3.54. The summed E-state index contributed by atoms with van der Waals surface area (Å²) in [6.07, 6.45) is 0.0267. The number of hydrogen-bond donors (Lipinski definition) is 2. The van der Waals surface area contributed by atoms with Gasteiger partial charge in [-0.1, -0.05) is 48.5 Å². The molecule has 4 rings (SSSR count). The zero-order valence-corrected chi connectivity index (χ0v) is 15.6. The second-order valence-electron chi connectivity index (χ2n) is 7.10. The van der Waals surface area contributed by atoms with Gasteiger partial charge in [0.25, 0.3) is 0 Å². The minimum absolute atomic E-state index is 0.00322. The molecule has 1 saturated heterocycles. The molecular weight excluding hydrogens is 362 g/mol. The van der Waals surface area contributed by atoms with Crippen molar-refractivity contribution < 1.29 is 19.4 Å². The third-order valence-electron chi connectivity index (χ3n) is 5.30. The van der Waals surface area contributed by atoms with Crippen molar-refractivity contribution in [1.29, 1.82) is 0 Å². The summed E-state index contributed by atoms with van der Waals surface area (Å²) in [5, 5.41) is 12.0. The van der Waals surface area contributed by atoms with Crippen molar-refractivity contribution in [2.45, 2.75) is 24.3 Å². The zero-order chi connectivity index (χ0) is 18.9. The van der Waals surface area contributed by atoms with E-state index in [4.69, 9.17) is 4.74 Å². The Morgan fingerprint density at radius 1 is 1.11 bits per heavy atom. The predicted octanol–water partition coefficient (Wildman–Crippen LogP) is 3.88. The number of fused-ring (bicyclic) bond motifs is 3. The molecular formula is C21H21NO4S. The van der Waals surface area contributed by atoms with E-state index in [0.717, 1.165) is 16.9 Å². The summed E-state index contributed by atoms with van der Waals surface area (Å²) in [5.74, 6) is 0.536. The standard InChI is InChI=1S/C21H21NO4S/c23-19(24)11-21(9-10-27-13-21)22-20(25)26-12-18-16-7-3-1-5-14(16)15-6-2-4-8-17(15)18/h1-8,18H,9-13H2,(H,22,25)(H,23,24). The normalized spacial score (nSPS) is 20.7. The highest BCUT2D eigenvalue weighted by molar-refractivity contribution is 7.99. The van der Waals surface area contributed by atoms with E-state index in [2.05, 4.69) is 29.6 Å². The van der Waals surface area contributed by atoms with Crippen LogP contribution >= 0.6 is 11.8 Å². The van der Waals surface area contributed by atoms with Gasteiger partial charge in [0, 0.05) is 11.7 Å². The largest absolute Gasteiger partial charge is 0.481 e. The van der Waals surface area contributed by atoms with Crippen molar-refractivity contribution in [3.05, 3.63) is 59.7 Å². The average molecular weight is 383 g/mol. The minimum Gasteiger partial charge on any atom is -0.481 e. The molecule has 1 aliphatic carbocycles. The van der Waals surface area contributed by atoms with Crippen LogP contribution in [0.25, 0.3) is 11.1 Å². The molecule has 1 amide bonds. The number of ether oxygens (including phenoxy) is 1. The van der Waals surface area contributed by atoms with E-state index in [1.54, 1.807) is 11.8 Å². The van der Waals surface area contributed by atoms with Crippen molar-refractivity contribution >= 4 is 23.8 Å². The van der Waals surface area contributed by atoms with Gasteiger partial charge in [-0.15, -0.1) is 0 Å². The fourth-order valence-corrected chi connectivity index (χ4v) is 5.42. The van der Waals surface area contributed by atoms with Crippen LogP contribution in [0.15, 0.2) is 48.5 Å². The maximum Gasteiger partial charge on any atom is 0.407 e. The molecule has 1 heterocycles. The average Bonchev–Trinajstić information content (AvgIpc) is 3.22. The molecule has 0 saturated carbocycles. The van der Waals surface area contributed by atoms with Crippen LogP contribution in [0.4, 0.5) is 4.79 Å². The maximum atomic E-state index is 12.4. The lowest BCUT2D eigenvalue weighted by Gasteiger charge is -2.27. The second-order valence-corrected chi connectivity index (χ2v) is 8.21. The quantitative estimate of drug-likeness (QED) is 0.820. The van der Waals surface area contributed by atoms with Gasteiger partial charge in [-0.05, 0) is 34.4 Å². The molecule has 5 nitrogen and oxygen atoms in total. The molecule has 2 aromatic carbocycles. The number of nitrogens with one attached hydrogen (secondary N) is 1. The molecule has 0 aromatic heterocycles. The van der Waals surface area contributed by atoms with Crippen LogP contribution in [0.2, 0.25) is 0 Å². The number of aliphatic carboxylic acids is 1. The fraction of sp³-hybridized carbons (Fsp3) is 0.333. The molecule has 2 N–H and O–H groups in total. The lowest BCUT2D eigenvalue weighted by atomic mass is 9.95. The first-order valence-electron chi connectivity index (χ1n) is 9.01. The van der Waals surface area contributed by atoms with Gasteiger partial charge in [-0.25, -0.2) is 4.79 Å². The number of amides is 1. The van der Waals surface area contributed by atoms with Crippen LogP contribution in [0.5, 0.6) is 0 Å². The highest BCUT2D eigenvalue weighted by Crippen LogP contribution is 2.44. The van der Waals surface area contributed by atoms with Crippen LogP contribution in [0.1, 0.15) is 29.9 Å². The van der Waals surface area contributed by atoms with Crippen molar-refractivity contribution in [3.8, 4) is 11.1 Å². The Labute approximate surface area is 162 Å². The fourth-order valence-electron chi connectivity index (χ4n) is 4.03. The summed E-state index contributed by atoms with van der Waals surface area (Å²) in [6.45, 7) is 0.232. The van der Waals surface area contributed by atoms with Crippen LogP contribution in [-0.2, 0) is 9.53 Å². The van der Waals surface area contributed by atoms with Crippen molar-refractivity contribution in [1.82, 2.24) is 5.32 Å². The van der Waals surface area contributed by atoms with Gasteiger partial charge in [-0.2, -0.15) is 11.8 Å². The van der Waals surface area contributed by atoms with Crippen LogP contribution in [-0.4, -0.2) is 40.8 Å². The number of carbonyl (C=O) groups is 2. The molecule has 6 heteroatoms. The van der Waals surface area contributed by atoms with Gasteiger partial charge in [-0.3, -0.25) is 4.79 Å². The van der Waals surface area contributed by atoms with E-state index in [0.29, 0.717) is 12.2 Å². The Morgan fingerprint density at radius 3 is 2.30 bits per heavy atom.